The van der Waals surface area contributed by atoms with Crippen LogP contribution in [-0.2, 0) is 23.0 Å². The molecule has 1 fully saturated rings. The first-order chi connectivity index (χ1) is 12.0. The van der Waals surface area contributed by atoms with Crippen LogP contribution in [0.4, 0.5) is 5.82 Å². The zero-order valence-electron chi connectivity index (χ0n) is 15.1. The molecule has 2 aromatic rings. The Balaban J connectivity index is 1.53. The lowest BCUT2D eigenvalue weighted by atomic mass is 10.1. The zero-order valence-corrected chi connectivity index (χ0v) is 15.1. The fourth-order valence-corrected chi connectivity index (χ4v) is 3.19. The van der Waals surface area contributed by atoms with E-state index < -0.39 is 0 Å². The van der Waals surface area contributed by atoms with Crippen molar-refractivity contribution in [3.05, 3.63) is 35.5 Å². The van der Waals surface area contributed by atoms with Crippen molar-refractivity contribution in [1.82, 2.24) is 19.7 Å². The molecule has 1 aliphatic heterocycles. The highest BCUT2D eigenvalue weighted by Gasteiger charge is 2.24. The van der Waals surface area contributed by atoms with Crippen molar-refractivity contribution >= 4 is 11.8 Å². The van der Waals surface area contributed by atoms with E-state index in [1.165, 1.54) is 0 Å². The first kappa shape index (κ1) is 17.4. The predicted molar refractivity (Wildman–Crippen MR) is 94.4 cm³/mol. The number of anilines is 1. The Labute approximate surface area is 148 Å². The normalized spacial score (nSPS) is 17.6. The molecule has 25 heavy (non-hydrogen) atoms. The molecule has 0 N–H and O–H groups in total. The standard InChI is InChI=1S/C18H25N5O2/c1-13-9-17(21-14(2)20-13)23-8-4-5-16(12-23)25-18(24)7-6-15-10-19-22(3)11-15/h9-11,16H,4-8,12H2,1-3H3. The lowest BCUT2D eigenvalue weighted by Gasteiger charge is -2.33. The van der Waals surface area contributed by atoms with Crippen LogP contribution < -0.4 is 4.90 Å². The van der Waals surface area contributed by atoms with Gasteiger partial charge in [-0.3, -0.25) is 9.48 Å². The fourth-order valence-electron chi connectivity index (χ4n) is 3.19. The molecule has 1 unspecified atom stereocenters. The average Bonchev–Trinajstić information content (AvgIpc) is 2.98. The maximum Gasteiger partial charge on any atom is 0.306 e. The first-order valence-corrected chi connectivity index (χ1v) is 8.74. The highest BCUT2D eigenvalue weighted by Crippen LogP contribution is 2.20. The van der Waals surface area contributed by atoms with Crippen molar-refractivity contribution in [1.29, 1.82) is 0 Å². The van der Waals surface area contributed by atoms with Crippen molar-refractivity contribution in [3.8, 4) is 0 Å². The maximum absolute atomic E-state index is 12.1. The molecule has 0 radical (unpaired) electrons. The summed E-state index contributed by atoms with van der Waals surface area (Å²) in [6, 6.07) is 1.99. The number of rotatable bonds is 5. The van der Waals surface area contributed by atoms with Gasteiger partial charge in [-0.05, 0) is 38.7 Å². The second-order valence-corrected chi connectivity index (χ2v) is 6.64. The quantitative estimate of drug-likeness (QED) is 0.773. The number of carbonyl (C=O) groups excluding carboxylic acids is 1. The fraction of sp³-hybridized carbons (Fsp3) is 0.556. The minimum Gasteiger partial charge on any atom is -0.460 e. The van der Waals surface area contributed by atoms with Gasteiger partial charge in [0.2, 0.25) is 0 Å². The van der Waals surface area contributed by atoms with Crippen molar-refractivity contribution < 1.29 is 9.53 Å². The molecule has 0 amide bonds. The Morgan fingerprint density at radius 1 is 1.36 bits per heavy atom. The van der Waals surface area contributed by atoms with Crippen LogP contribution in [0.15, 0.2) is 18.5 Å². The van der Waals surface area contributed by atoms with Gasteiger partial charge in [0, 0.05) is 38.0 Å². The van der Waals surface area contributed by atoms with E-state index in [0.29, 0.717) is 19.4 Å². The van der Waals surface area contributed by atoms with E-state index in [2.05, 4.69) is 20.0 Å². The summed E-state index contributed by atoms with van der Waals surface area (Å²) in [5.41, 5.74) is 2.01. The third kappa shape index (κ3) is 4.78. The summed E-state index contributed by atoms with van der Waals surface area (Å²) < 4.78 is 7.42. The topological polar surface area (TPSA) is 73.1 Å². The van der Waals surface area contributed by atoms with Crippen molar-refractivity contribution in [2.45, 2.75) is 45.6 Å². The van der Waals surface area contributed by atoms with Crippen LogP contribution in [-0.4, -0.2) is 44.9 Å². The van der Waals surface area contributed by atoms with Gasteiger partial charge in [-0.15, -0.1) is 0 Å². The number of carbonyl (C=O) groups is 1. The molecule has 7 heteroatoms. The van der Waals surface area contributed by atoms with Gasteiger partial charge < -0.3 is 9.64 Å². The van der Waals surface area contributed by atoms with E-state index in [0.717, 1.165) is 42.3 Å². The number of aryl methyl sites for hydroxylation is 4. The van der Waals surface area contributed by atoms with Crippen LogP contribution in [0.3, 0.4) is 0 Å². The summed E-state index contributed by atoms with van der Waals surface area (Å²) in [5.74, 6) is 1.54. The molecule has 134 valence electrons. The lowest BCUT2D eigenvalue weighted by molar-refractivity contribution is -0.149. The highest BCUT2D eigenvalue weighted by molar-refractivity contribution is 5.70. The molecule has 0 bridgehead atoms. The molecule has 1 saturated heterocycles. The molecule has 3 heterocycles. The summed E-state index contributed by atoms with van der Waals surface area (Å²) in [6.07, 6.45) is 6.57. The Hall–Kier alpha value is -2.44. The molecule has 2 aromatic heterocycles. The van der Waals surface area contributed by atoms with Crippen LogP contribution >= 0.6 is 0 Å². The van der Waals surface area contributed by atoms with Crippen molar-refractivity contribution in [2.24, 2.45) is 7.05 Å². The van der Waals surface area contributed by atoms with Gasteiger partial charge in [-0.2, -0.15) is 5.10 Å². The van der Waals surface area contributed by atoms with Gasteiger partial charge in [-0.25, -0.2) is 9.97 Å². The van der Waals surface area contributed by atoms with Crippen LogP contribution in [0.5, 0.6) is 0 Å². The number of piperidine rings is 1. The Morgan fingerprint density at radius 2 is 2.20 bits per heavy atom. The summed E-state index contributed by atoms with van der Waals surface area (Å²) in [7, 11) is 1.87. The van der Waals surface area contributed by atoms with E-state index in [-0.39, 0.29) is 12.1 Å². The molecule has 0 saturated carbocycles. The first-order valence-electron chi connectivity index (χ1n) is 8.74. The molecule has 0 aliphatic carbocycles. The number of aromatic nitrogens is 4. The van der Waals surface area contributed by atoms with E-state index >= 15 is 0 Å². The number of nitrogens with zero attached hydrogens (tertiary/aromatic N) is 5. The Morgan fingerprint density at radius 3 is 2.92 bits per heavy atom. The van der Waals surface area contributed by atoms with Gasteiger partial charge in [0.05, 0.1) is 12.7 Å². The van der Waals surface area contributed by atoms with Crippen LogP contribution in [0.25, 0.3) is 0 Å². The Kier molecular flexibility index (Phi) is 5.31. The summed E-state index contributed by atoms with van der Waals surface area (Å²) >= 11 is 0. The minimum absolute atomic E-state index is 0.0780. The molecule has 0 spiro atoms. The van der Waals surface area contributed by atoms with Crippen LogP contribution in [0.2, 0.25) is 0 Å². The summed E-state index contributed by atoms with van der Waals surface area (Å²) in [4.78, 5) is 23.2. The average molecular weight is 343 g/mol. The number of esters is 1. The number of ether oxygens (including phenoxy) is 1. The third-order valence-electron chi connectivity index (χ3n) is 4.33. The predicted octanol–water partition coefficient (Wildman–Crippen LogP) is 1.97. The Bertz CT molecular complexity index is 723. The van der Waals surface area contributed by atoms with Crippen LogP contribution in [0.1, 0.15) is 36.3 Å². The number of hydrogen-bond acceptors (Lipinski definition) is 6. The molecule has 1 aliphatic rings. The van der Waals surface area contributed by atoms with E-state index in [1.54, 1.807) is 10.9 Å². The van der Waals surface area contributed by atoms with E-state index in [1.807, 2.05) is 33.2 Å². The van der Waals surface area contributed by atoms with Crippen molar-refractivity contribution in [3.63, 3.8) is 0 Å². The molecule has 1 atom stereocenters. The van der Waals surface area contributed by atoms with Gasteiger partial charge in [0.15, 0.2) is 0 Å². The minimum atomic E-state index is -0.147. The molecular weight excluding hydrogens is 318 g/mol. The zero-order chi connectivity index (χ0) is 17.8. The molecule has 3 rings (SSSR count). The molecule has 7 nitrogen and oxygen atoms in total. The van der Waals surface area contributed by atoms with Gasteiger partial charge >= 0.3 is 5.97 Å². The van der Waals surface area contributed by atoms with Gasteiger partial charge in [0.25, 0.3) is 0 Å². The molecular formula is C18H25N5O2. The monoisotopic (exact) mass is 343 g/mol. The highest BCUT2D eigenvalue weighted by atomic mass is 16.5. The lowest BCUT2D eigenvalue weighted by Crippen LogP contribution is -2.41. The molecule has 0 aromatic carbocycles. The summed E-state index contributed by atoms with van der Waals surface area (Å²) in [5, 5.41) is 4.11. The van der Waals surface area contributed by atoms with Crippen molar-refractivity contribution in [2.75, 3.05) is 18.0 Å². The largest absolute Gasteiger partial charge is 0.460 e. The van der Waals surface area contributed by atoms with E-state index in [9.17, 15) is 4.79 Å². The van der Waals surface area contributed by atoms with Gasteiger partial charge in [0.1, 0.15) is 17.7 Å². The second kappa shape index (κ2) is 7.63. The number of hydrogen-bond donors (Lipinski definition) is 0. The van der Waals surface area contributed by atoms with Crippen LogP contribution in [0, 0.1) is 13.8 Å². The SMILES string of the molecule is Cc1cc(N2CCCC(OC(=O)CCc3cnn(C)c3)C2)nc(C)n1. The third-order valence-corrected chi connectivity index (χ3v) is 4.33. The smallest absolute Gasteiger partial charge is 0.306 e. The second-order valence-electron chi connectivity index (χ2n) is 6.64. The van der Waals surface area contributed by atoms with Gasteiger partial charge in [-0.1, -0.05) is 0 Å². The maximum atomic E-state index is 12.1. The van der Waals surface area contributed by atoms with E-state index in [4.69, 9.17) is 4.74 Å². The summed E-state index contributed by atoms with van der Waals surface area (Å²) in [6.45, 7) is 5.49.